The standard InChI is InChI=1S/C8H10O3.C6H10O3/c1-2-5-3-4-6(9)8(11)7(5)10;1(5-3-8-5)7-2-6-4-9-6/h3-4,9-11H,2H2,1H3;5-6H,1-4H2. The van der Waals surface area contributed by atoms with Crippen LogP contribution in [0.15, 0.2) is 12.1 Å². The molecule has 2 aliphatic heterocycles. The number of phenols is 3. The van der Waals surface area contributed by atoms with Crippen molar-refractivity contribution in [2.75, 3.05) is 26.4 Å². The van der Waals surface area contributed by atoms with Crippen LogP contribution in [0.3, 0.4) is 0 Å². The van der Waals surface area contributed by atoms with Gasteiger partial charge in [-0.3, -0.25) is 0 Å². The van der Waals surface area contributed by atoms with Gasteiger partial charge in [-0.05, 0) is 18.1 Å². The van der Waals surface area contributed by atoms with Crippen molar-refractivity contribution in [1.82, 2.24) is 0 Å². The van der Waals surface area contributed by atoms with E-state index in [-0.39, 0.29) is 11.5 Å². The van der Waals surface area contributed by atoms with Crippen LogP contribution in [-0.2, 0) is 20.6 Å². The molecule has 2 saturated heterocycles. The largest absolute Gasteiger partial charge is 0.504 e. The lowest BCUT2D eigenvalue weighted by molar-refractivity contribution is 0.102. The highest BCUT2D eigenvalue weighted by Crippen LogP contribution is 2.36. The highest BCUT2D eigenvalue weighted by Gasteiger charge is 2.26. The van der Waals surface area contributed by atoms with Crippen molar-refractivity contribution in [3.8, 4) is 17.2 Å². The minimum Gasteiger partial charge on any atom is -0.504 e. The van der Waals surface area contributed by atoms with E-state index < -0.39 is 5.75 Å². The molecule has 0 aromatic heterocycles. The molecule has 2 atom stereocenters. The molecule has 0 amide bonds. The van der Waals surface area contributed by atoms with Gasteiger partial charge in [0.25, 0.3) is 0 Å². The van der Waals surface area contributed by atoms with Crippen molar-refractivity contribution < 1.29 is 29.5 Å². The van der Waals surface area contributed by atoms with Crippen LogP contribution >= 0.6 is 0 Å². The Morgan fingerprint density at radius 1 is 1.05 bits per heavy atom. The SMILES string of the molecule is C(OCC1CO1)C1CO1.CCc1ccc(O)c(O)c1O. The highest BCUT2D eigenvalue weighted by atomic mass is 16.6. The summed E-state index contributed by atoms with van der Waals surface area (Å²) in [6.45, 7) is 5.11. The normalized spacial score (nSPS) is 22.9. The molecule has 2 unspecified atom stereocenters. The zero-order valence-electron chi connectivity index (χ0n) is 11.4. The number of benzene rings is 1. The first-order valence-corrected chi connectivity index (χ1v) is 6.65. The molecule has 0 radical (unpaired) electrons. The van der Waals surface area contributed by atoms with E-state index in [1.54, 1.807) is 6.07 Å². The van der Waals surface area contributed by atoms with Crippen LogP contribution in [0.2, 0.25) is 0 Å². The Morgan fingerprint density at radius 3 is 2.05 bits per heavy atom. The van der Waals surface area contributed by atoms with E-state index in [9.17, 15) is 0 Å². The molecule has 2 aliphatic rings. The number of hydrogen-bond donors (Lipinski definition) is 3. The van der Waals surface area contributed by atoms with Crippen LogP contribution in [0.5, 0.6) is 17.2 Å². The van der Waals surface area contributed by atoms with Crippen molar-refractivity contribution in [1.29, 1.82) is 0 Å². The van der Waals surface area contributed by atoms with Gasteiger partial charge in [-0.1, -0.05) is 13.0 Å². The van der Waals surface area contributed by atoms with Gasteiger partial charge in [-0.25, -0.2) is 0 Å². The Balaban J connectivity index is 0.000000149. The summed E-state index contributed by atoms with van der Waals surface area (Å²) < 4.78 is 15.1. The number of phenolic OH excluding ortho intramolecular Hbond substituents is 3. The second kappa shape index (κ2) is 6.78. The molecule has 2 heterocycles. The third-order valence-corrected chi connectivity index (χ3v) is 3.01. The van der Waals surface area contributed by atoms with E-state index in [2.05, 4.69) is 0 Å². The third-order valence-electron chi connectivity index (χ3n) is 3.01. The number of hydrogen-bond acceptors (Lipinski definition) is 6. The molecular weight excluding hydrogens is 264 g/mol. The highest BCUT2D eigenvalue weighted by molar-refractivity contribution is 5.52. The molecule has 3 rings (SSSR count). The molecule has 2 fully saturated rings. The summed E-state index contributed by atoms with van der Waals surface area (Å²) in [5, 5.41) is 27.1. The summed E-state index contributed by atoms with van der Waals surface area (Å²) in [5.74, 6) is -0.962. The smallest absolute Gasteiger partial charge is 0.200 e. The predicted molar refractivity (Wildman–Crippen MR) is 71.1 cm³/mol. The van der Waals surface area contributed by atoms with Crippen LogP contribution in [0, 0.1) is 0 Å². The Kier molecular flexibility index (Phi) is 5.05. The molecule has 3 N–H and O–H groups in total. The summed E-state index contributed by atoms with van der Waals surface area (Å²) in [5.41, 5.74) is 0.625. The first kappa shape index (κ1) is 14.9. The van der Waals surface area contributed by atoms with E-state index in [0.717, 1.165) is 26.4 Å². The summed E-state index contributed by atoms with van der Waals surface area (Å²) >= 11 is 0. The van der Waals surface area contributed by atoms with Gasteiger partial charge >= 0.3 is 0 Å². The zero-order chi connectivity index (χ0) is 14.5. The van der Waals surface area contributed by atoms with Gasteiger partial charge in [0, 0.05) is 0 Å². The molecule has 6 heteroatoms. The fraction of sp³-hybridized carbons (Fsp3) is 0.571. The quantitative estimate of drug-likeness (QED) is 0.555. The molecule has 1 aromatic carbocycles. The van der Waals surface area contributed by atoms with Gasteiger partial charge in [0.15, 0.2) is 11.5 Å². The maximum Gasteiger partial charge on any atom is 0.200 e. The Labute approximate surface area is 117 Å². The number of ether oxygens (including phenoxy) is 3. The van der Waals surface area contributed by atoms with E-state index in [0.29, 0.717) is 24.2 Å². The van der Waals surface area contributed by atoms with Crippen LogP contribution in [-0.4, -0.2) is 54.0 Å². The maximum atomic E-state index is 9.17. The zero-order valence-corrected chi connectivity index (χ0v) is 11.4. The molecule has 20 heavy (non-hydrogen) atoms. The van der Waals surface area contributed by atoms with Gasteiger partial charge in [0.1, 0.15) is 12.2 Å². The summed E-state index contributed by atoms with van der Waals surface area (Å²) in [4.78, 5) is 0. The first-order valence-electron chi connectivity index (χ1n) is 6.65. The maximum absolute atomic E-state index is 9.17. The fourth-order valence-corrected chi connectivity index (χ4v) is 1.56. The molecule has 0 bridgehead atoms. The Bertz CT molecular complexity index is 428. The average Bonchev–Trinajstić information content (AvgIpc) is 3.32. The molecule has 0 saturated carbocycles. The fourth-order valence-electron chi connectivity index (χ4n) is 1.56. The Morgan fingerprint density at radius 2 is 1.60 bits per heavy atom. The van der Waals surface area contributed by atoms with Crippen LogP contribution in [0.4, 0.5) is 0 Å². The van der Waals surface area contributed by atoms with E-state index in [4.69, 9.17) is 29.5 Å². The van der Waals surface area contributed by atoms with Gasteiger partial charge in [0.2, 0.25) is 5.75 Å². The van der Waals surface area contributed by atoms with E-state index >= 15 is 0 Å². The van der Waals surface area contributed by atoms with Crippen LogP contribution < -0.4 is 0 Å². The van der Waals surface area contributed by atoms with Gasteiger partial charge < -0.3 is 29.5 Å². The minimum absolute atomic E-state index is 0.229. The monoisotopic (exact) mass is 284 g/mol. The van der Waals surface area contributed by atoms with Crippen molar-refractivity contribution in [2.24, 2.45) is 0 Å². The van der Waals surface area contributed by atoms with Gasteiger partial charge in [-0.2, -0.15) is 0 Å². The molecule has 6 nitrogen and oxygen atoms in total. The molecule has 0 spiro atoms. The van der Waals surface area contributed by atoms with Crippen molar-refractivity contribution >= 4 is 0 Å². The predicted octanol–water partition coefficient (Wildman–Crippen LogP) is 1.17. The molecule has 0 aliphatic carbocycles. The van der Waals surface area contributed by atoms with E-state index in [1.165, 1.54) is 6.07 Å². The topological polar surface area (TPSA) is 95.0 Å². The van der Waals surface area contributed by atoms with Crippen molar-refractivity contribution in [3.63, 3.8) is 0 Å². The van der Waals surface area contributed by atoms with E-state index in [1.807, 2.05) is 6.92 Å². The summed E-state index contributed by atoms with van der Waals surface area (Å²) in [6.07, 6.45) is 1.41. The summed E-state index contributed by atoms with van der Waals surface area (Å²) in [7, 11) is 0. The first-order chi connectivity index (χ1) is 9.61. The average molecular weight is 284 g/mol. The van der Waals surface area contributed by atoms with Crippen molar-refractivity contribution in [2.45, 2.75) is 25.6 Å². The number of aromatic hydroxyl groups is 3. The Hall–Kier alpha value is -1.50. The van der Waals surface area contributed by atoms with Crippen LogP contribution in [0.25, 0.3) is 0 Å². The lowest BCUT2D eigenvalue weighted by atomic mass is 10.1. The molecule has 1 aromatic rings. The second-order valence-corrected chi connectivity index (χ2v) is 4.74. The van der Waals surface area contributed by atoms with Crippen LogP contribution in [0.1, 0.15) is 12.5 Å². The lowest BCUT2D eigenvalue weighted by Crippen LogP contribution is -2.06. The molecule has 112 valence electrons. The van der Waals surface area contributed by atoms with Gasteiger partial charge in [-0.15, -0.1) is 0 Å². The lowest BCUT2D eigenvalue weighted by Gasteiger charge is -2.04. The number of epoxide rings is 2. The third kappa shape index (κ3) is 4.56. The molecular formula is C14H20O6. The number of aryl methyl sites for hydroxylation is 1. The minimum atomic E-state index is -0.440. The second-order valence-electron chi connectivity index (χ2n) is 4.74. The summed E-state index contributed by atoms with van der Waals surface area (Å²) in [6, 6.07) is 2.93. The number of rotatable bonds is 5. The van der Waals surface area contributed by atoms with Crippen molar-refractivity contribution in [3.05, 3.63) is 17.7 Å². The van der Waals surface area contributed by atoms with Gasteiger partial charge in [0.05, 0.1) is 26.4 Å².